The van der Waals surface area contributed by atoms with Gasteiger partial charge < -0.3 is 20.3 Å². The third-order valence-electron chi connectivity index (χ3n) is 8.21. The number of anilines is 3. The minimum absolute atomic E-state index is 0.257. The maximum Gasteiger partial charge on any atom is 0.323 e. The van der Waals surface area contributed by atoms with E-state index >= 15 is 0 Å². The van der Waals surface area contributed by atoms with Gasteiger partial charge in [0.1, 0.15) is 5.82 Å². The van der Waals surface area contributed by atoms with Crippen LogP contribution in [0.1, 0.15) is 24.4 Å². The van der Waals surface area contributed by atoms with Gasteiger partial charge in [-0.15, -0.1) is 0 Å². The van der Waals surface area contributed by atoms with Crippen molar-refractivity contribution in [1.82, 2.24) is 29.6 Å². The molecular formula is C33H35N9O2. The average Bonchev–Trinajstić information content (AvgIpc) is 3.50. The molecule has 2 amide bonds. The number of amides is 2. The summed E-state index contributed by atoms with van der Waals surface area (Å²) >= 11 is 0. The Labute approximate surface area is 255 Å². The molecule has 0 atom stereocenters. The number of rotatable bonds is 7. The van der Waals surface area contributed by atoms with E-state index in [0.717, 1.165) is 73.7 Å². The first kappa shape index (κ1) is 27.9. The number of aromatic nitrogens is 5. The van der Waals surface area contributed by atoms with E-state index in [9.17, 15) is 4.79 Å². The summed E-state index contributed by atoms with van der Waals surface area (Å²) < 4.78 is 7.74. The molecule has 2 N–H and O–H groups in total. The van der Waals surface area contributed by atoms with Crippen LogP contribution in [0.25, 0.3) is 22.4 Å². The molecular weight excluding hydrogens is 554 g/mol. The zero-order valence-electron chi connectivity index (χ0n) is 24.5. The number of fused-ring (bicyclic) bond motifs is 1. The van der Waals surface area contributed by atoms with Crippen LogP contribution in [0.4, 0.5) is 22.0 Å². The number of urea groups is 1. The van der Waals surface area contributed by atoms with Crippen molar-refractivity contribution >= 4 is 34.3 Å². The van der Waals surface area contributed by atoms with Crippen LogP contribution in [0.5, 0.6) is 0 Å². The number of nitrogens with one attached hydrogen (secondary N) is 2. The van der Waals surface area contributed by atoms with Gasteiger partial charge >= 0.3 is 6.03 Å². The second-order valence-electron chi connectivity index (χ2n) is 11.2. The van der Waals surface area contributed by atoms with E-state index in [1.54, 1.807) is 0 Å². The van der Waals surface area contributed by atoms with E-state index in [2.05, 4.69) is 36.2 Å². The molecule has 224 valence electrons. The number of para-hydroxylation sites is 1. The Kier molecular flexibility index (Phi) is 8.11. The largest absolute Gasteiger partial charge is 0.378 e. The molecule has 5 heterocycles. The monoisotopic (exact) mass is 589 g/mol. The number of carbonyl (C=O) groups excluding carboxylic acids is 1. The van der Waals surface area contributed by atoms with Gasteiger partial charge in [0.05, 0.1) is 30.8 Å². The van der Waals surface area contributed by atoms with Crippen LogP contribution in [-0.2, 0) is 11.3 Å². The molecule has 0 radical (unpaired) electrons. The second-order valence-corrected chi connectivity index (χ2v) is 11.2. The summed E-state index contributed by atoms with van der Waals surface area (Å²) in [5.41, 5.74) is 4.37. The van der Waals surface area contributed by atoms with Crippen molar-refractivity contribution in [2.24, 2.45) is 0 Å². The Hall–Kier alpha value is -4.87. The van der Waals surface area contributed by atoms with Gasteiger partial charge in [0, 0.05) is 62.1 Å². The quantitative estimate of drug-likeness (QED) is 0.266. The van der Waals surface area contributed by atoms with Crippen LogP contribution in [0, 0.1) is 0 Å². The third kappa shape index (κ3) is 6.24. The lowest BCUT2D eigenvalue weighted by atomic mass is 10.0. The fourth-order valence-corrected chi connectivity index (χ4v) is 5.91. The minimum atomic E-state index is -0.299. The number of ether oxygens (including phenoxy) is 1. The molecule has 11 nitrogen and oxygen atoms in total. The number of likely N-dealkylation sites (tertiary alicyclic amines) is 1. The number of morpholine rings is 1. The number of carbonyl (C=O) groups is 1. The molecule has 3 aromatic heterocycles. The topological polar surface area (TPSA) is 113 Å². The number of pyridine rings is 1. The van der Waals surface area contributed by atoms with Crippen LogP contribution in [0.3, 0.4) is 0 Å². The number of nitrogens with zero attached hydrogens (tertiary/aromatic N) is 7. The Balaban J connectivity index is 1.13. The molecule has 5 aromatic rings. The third-order valence-corrected chi connectivity index (χ3v) is 8.21. The van der Waals surface area contributed by atoms with Gasteiger partial charge in [-0.1, -0.05) is 24.3 Å². The highest BCUT2D eigenvalue weighted by Gasteiger charge is 2.26. The van der Waals surface area contributed by atoms with Crippen LogP contribution in [0.2, 0.25) is 0 Å². The molecule has 7 rings (SSSR count). The average molecular weight is 590 g/mol. The first-order valence-corrected chi connectivity index (χ1v) is 15.1. The Morgan fingerprint density at radius 3 is 2.32 bits per heavy atom. The highest BCUT2D eigenvalue weighted by atomic mass is 16.5. The molecule has 44 heavy (non-hydrogen) atoms. The second kappa shape index (κ2) is 12.8. The van der Waals surface area contributed by atoms with E-state index in [1.165, 1.54) is 5.56 Å². The molecule has 2 saturated heterocycles. The van der Waals surface area contributed by atoms with Crippen molar-refractivity contribution in [1.29, 1.82) is 0 Å². The maximum absolute atomic E-state index is 12.5. The summed E-state index contributed by atoms with van der Waals surface area (Å²) in [6.07, 6.45) is 7.67. The molecule has 2 fully saturated rings. The smallest absolute Gasteiger partial charge is 0.323 e. The molecule has 0 aliphatic carbocycles. The lowest BCUT2D eigenvalue weighted by Crippen LogP contribution is -2.37. The summed E-state index contributed by atoms with van der Waals surface area (Å²) in [5.74, 6) is 1.52. The minimum Gasteiger partial charge on any atom is -0.378 e. The summed E-state index contributed by atoms with van der Waals surface area (Å²) in [4.78, 5) is 31.6. The van der Waals surface area contributed by atoms with Gasteiger partial charge in [-0.25, -0.2) is 19.4 Å². The van der Waals surface area contributed by atoms with Crippen molar-refractivity contribution in [2.75, 3.05) is 54.9 Å². The van der Waals surface area contributed by atoms with Gasteiger partial charge in [-0.3, -0.25) is 9.88 Å². The normalized spacial score (nSPS) is 16.2. The Bertz CT molecular complexity index is 1700. The predicted molar refractivity (Wildman–Crippen MR) is 171 cm³/mol. The van der Waals surface area contributed by atoms with Gasteiger partial charge in [0.25, 0.3) is 0 Å². The van der Waals surface area contributed by atoms with Crippen molar-refractivity contribution in [2.45, 2.75) is 25.4 Å². The van der Waals surface area contributed by atoms with Crippen LogP contribution in [-0.4, -0.2) is 75.1 Å². The Morgan fingerprint density at radius 2 is 1.59 bits per heavy atom. The highest BCUT2D eigenvalue weighted by molar-refractivity contribution is 5.99. The molecule has 2 aromatic carbocycles. The Morgan fingerprint density at radius 1 is 0.841 bits per heavy atom. The highest BCUT2D eigenvalue weighted by Crippen LogP contribution is 2.32. The fourth-order valence-electron chi connectivity index (χ4n) is 5.91. The predicted octanol–water partition coefficient (Wildman–Crippen LogP) is 5.21. The molecule has 2 aliphatic heterocycles. The number of piperidine rings is 1. The molecule has 2 aliphatic rings. The van der Waals surface area contributed by atoms with Gasteiger partial charge in [0.15, 0.2) is 11.5 Å². The summed E-state index contributed by atoms with van der Waals surface area (Å²) in [7, 11) is 0. The summed E-state index contributed by atoms with van der Waals surface area (Å²) in [6, 6.07) is 21.1. The lowest BCUT2D eigenvalue weighted by Gasteiger charge is -2.32. The first-order chi connectivity index (χ1) is 21.7. The summed E-state index contributed by atoms with van der Waals surface area (Å²) in [5, 5.41) is 11.6. The first-order valence-electron chi connectivity index (χ1n) is 15.1. The number of benzene rings is 2. The van der Waals surface area contributed by atoms with Crippen molar-refractivity contribution in [3.63, 3.8) is 0 Å². The number of hydrogen-bond donors (Lipinski definition) is 2. The van der Waals surface area contributed by atoms with Crippen molar-refractivity contribution in [3.05, 3.63) is 90.9 Å². The standard InChI is InChI=1S/C33H35N9O2/c43-33(36-26-6-2-1-3-7-26)37-27-10-8-25(9-11-27)30-38-31(41-17-19-44-20-18-41)29-22-35-42(32(29)39-30)28-12-15-40(16-13-28)23-24-5-4-14-34-21-24/h1-11,14,21-22,28H,12-13,15-20,23H2,(H2,36,37,43). The van der Waals surface area contributed by atoms with Gasteiger partial charge in [-0.05, 0) is 60.9 Å². The molecule has 0 saturated carbocycles. The summed E-state index contributed by atoms with van der Waals surface area (Å²) in [6.45, 7) is 5.74. The van der Waals surface area contributed by atoms with E-state index in [4.69, 9.17) is 19.8 Å². The SMILES string of the molecule is O=C(Nc1ccccc1)Nc1ccc(-c2nc(N3CCOCC3)c3cnn(C4CCN(Cc5cccnc5)CC4)c3n2)cc1. The maximum atomic E-state index is 12.5. The fraction of sp³-hybridized carbons (Fsp3) is 0.303. The van der Waals surface area contributed by atoms with Crippen LogP contribution in [0.15, 0.2) is 85.3 Å². The van der Waals surface area contributed by atoms with E-state index < -0.39 is 0 Å². The van der Waals surface area contributed by atoms with E-state index in [1.807, 2.05) is 79.3 Å². The molecule has 0 unspecified atom stereocenters. The molecule has 0 spiro atoms. The molecule has 11 heteroatoms. The van der Waals surface area contributed by atoms with Crippen LogP contribution >= 0.6 is 0 Å². The van der Waals surface area contributed by atoms with Crippen molar-refractivity contribution in [3.8, 4) is 11.4 Å². The van der Waals surface area contributed by atoms with E-state index in [0.29, 0.717) is 24.7 Å². The van der Waals surface area contributed by atoms with Crippen LogP contribution < -0.4 is 15.5 Å². The zero-order valence-corrected chi connectivity index (χ0v) is 24.5. The van der Waals surface area contributed by atoms with Gasteiger partial charge in [-0.2, -0.15) is 5.10 Å². The van der Waals surface area contributed by atoms with Crippen molar-refractivity contribution < 1.29 is 9.53 Å². The molecule has 0 bridgehead atoms. The lowest BCUT2D eigenvalue weighted by molar-refractivity contribution is 0.122. The zero-order chi connectivity index (χ0) is 29.7. The number of hydrogen-bond acceptors (Lipinski definition) is 8. The van der Waals surface area contributed by atoms with E-state index in [-0.39, 0.29) is 12.1 Å². The van der Waals surface area contributed by atoms with Gasteiger partial charge in [0.2, 0.25) is 0 Å².